The van der Waals surface area contributed by atoms with E-state index in [0.717, 1.165) is 44.3 Å². The van der Waals surface area contributed by atoms with Gasteiger partial charge >= 0.3 is 0 Å². The average Bonchev–Trinajstić information content (AvgIpc) is 2.88. The first-order valence-electron chi connectivity index (χ1n) is 8.44. The SMILES string of the molecule is CN1CCCC1C1CC(CN2CCOCC2)CCN1C. The number of hydrogen-bond donors (Lipinski definition) is 0. The van der Waals surface area contributed by atoms with Gasteiger partial charge in [0.25, 0.3) is 0 Å². The molecule has 3 aliphatic heterocycles. The first-order valence-corrected chi connectivity index (χ1v) is 8.44. The number of morpholine rings is 1. The lowest BCUT2D eigenvalue weighted by Gasteiger charge is -2.43. The molecule has 0 amide bonds. The van der Waals surface area contributed by atoms with Gasteiger partial charge in [0.15, 0.2) is 0 Å². The highest BCUT2D eigenvalue weighted by Crippen LogP contribution is 2.30. The molecule has 0 saturated carbocycles. The topological polar surface area (TPSA) is 19.0 Å². The van der Waals surface area contributed by atoms with Crippen LogP contribution in [0.2, 0.25) is 0 Å². The van der Waals surface area contributed by atoms with E-state index in [-0.39, 0.29) is 0 Å². The number of likely N-dealkylation sites (N-methyl/N-ethyl adjacent to an activating group) is 2. The molecule has 0 spiro atoms. The van der Waals surface area contributed by atoms with E-state index in [9.17, 15) is 0 Å². The molecule has 0 aliphatic carbocycles. The predicted octanol–water partition coefficient (Wildman–Crippen LogP) is 1.12. The summed E-state index contributed by atoms with van der Waals surface area (Å²) in [4.78, 5) is 7.84. The molecular formula is C16H31N3O. The van der Waals surface area contributed by atoms with Crippen LogP contribution in [0.1, 0.15) is 25.7 Å². The molecule has 3 unspecified atom stereocenters. The Hall–Kier alpha value is -0.160. The fraction of sp³-hybridized carbons (Fsp3) is 1.00. The summed E-state index contributed by atoms with van der Waals surface area (Å²) in [7, 11) is 4.65. The molecule has 3 saturated heterocycles. The van der Waals surface area contributed by atoms with Gasteiger partial charge in [0, 0.05) is 31.7 Å². The molecule has 0 bridgehead atoms. The summed E-state index contributed by atoms with van der Waals surface area (Å²) >= 11 is 0. The Labute approximate surface area is 124 Å². The number of nitrogens with zero attached hydrogens (tertiary/aromatic N) is 3. The third-order valence-electron chi connectivity index (χ3n) is 5.67. The molecule has 3 heterocycles. The molecule has 116 valence electrons. The van der Waals surface area contributed by atoms with Crippen molar-refractivity contribution in [3.05, 3.63) is 0 Å². The zero-order chi connectivity index (χ0) is 13.9. The summed E-state index contributed by atoms with van der Waals surface area (Å²) in [6.45, 7) is 8.01. The third kappa shape index (κ3) is 3.35. The summed E-state index contributed by atoms with van der Waals surface area (Å²) in [6, 6.07) is 1.58. The van der Waals surface area contributed by atoms with Gasteiger partial charge in [-0.15, -0.1) is 0 Å². The van der Waals surface area contributed by atoms with Crippen molar-refractivity contribution >= 4 is 0 Å². The van der Waals surface area contributed by atoms with Gasteiger partial charge in [-0.05, 0) is 58.8 Å². The monoisotopic (exact) mass is 281 g/mol. The number of rotatable bonds is 3. The molecule has 0 N–H and O–H groups in total. The van der Waals surface area contributed by atoms with E-state index >= 15 is 0 Å². The quantitative estimate of drug-likeness (QED) is 0.772. The highest BCUT2D eigenvalue weighted by Gasteiger charge is 2.36. The molecule has 0 radical (unpaired) electrons. The Morgan fingerprint density at radius 3 is 2.35 bits per heavy atom. The van der Waals surface area contributed by atoms with Crippen molar-refractivity contribution in [3.8, 4) is 0 Å². The molecule has 3 aliphatic rings. The maximum absolute atomic E-state index is 5.47. The van der Waals surface area contributed by atoms with Crippen LogP contribution in [-0.2, 0) is 4.74 Å². The Bertz CT molecular complexity index is 306. The fourth-order valence-corrected chi connectivity index (χ4v) is 4.38. The van der Waals surface area contributed by atoms with Gasteiger partial charge in [0.2, 0.25) is 0 Å². The summed E-state index contributed by atoms with van der Waals surface area (Å²) in [5, 5.41) is 0. The number of piperidine rings is 1. The van der Waals surface area contributed by atoms with Gasteiger partial charge in [-0.3, -0.25) is 4.90 Å². The minimum absolute atomic E-state index is 0.780. The van der Waals surface area contributed by atoms with Crippen LogP contribution in [0, 0.1) is 5.92 Å². The molecule has 3 fully saturated rings. The van der Waals surface area contributed by atoms with E-state index in [2.05, 4.69) is 28.8 Å². The minimum atomic E-state index is 0.780. The van der Waals surface area contributed by atoms with Crippen LogP contribution in [0.25, 0.3) is 0 Å². The molecular weight excluding hydrogens is 250 g/mol. The Balaban J connectivity index is 1.55. The second-order valence-electron chi connectivity index (χ2n) is 7.04. The number of likely N-dealkylation sites (tertiary alicyclic amines) is 2. The van der Waals surface area contributed by atoms with Gasteiger partial charge in [0.1, 0.15) is 0 Å². The second-order valence-corrected chi connectivity index (χ2v) is 7.04. The smallest absolute Gasteiger partial charge is 0.0594 e. The van der Waals surface area contributed by atoms with E-state index in [1.807, 2.05) is 0 Å². The standard InChI is InChI=1S/C16H31N3O/c1-17-6-3-4-15(17)16-12-14(5-7-18(16)2)13-19-8-10-20-11-9-19/h14-16H,3-13H2,1-2H3. The van der Waals surface area contributed by atoms with Crippen molar-refractivity contribution in [2.45, 2.75) is 37.8 Å². The van der Waals surface area contributed by atoms with E-state index in [1.165, 1.54) is 45.3 Å². The van der Waals surface area contributed by atoms with Crippen LogP contribution in [0.3, 0.4) is 0 Å². The largest absolute Gasteiger partial charge is 0.379 e. The van der Waals surface area contributed by atoms with Crippen molar-refractivity contribution < 1.29 is 4.74 Å². The van der Waals surface area contributed by atoms with Gasteiger partial charge in [0.05, 0.1) is 13.2 Å². The van der Waals surface area contributed by atoms with Gasteiger partial charge in [-0.2, -0.15) is 0 Å². The molecule has 3 rings (SSSR count). The highest BCUT2D eigenvalue weighted by molar-refractivity contribution is 4.93. The van der Waals surface area contributed by atoms with E-state index in [0.29, 0.717) is 0 Å². The highest BCUT2D eigenvalue weighted by atomic mass is 16.5. The first kappa shape index (κ1) is 14.8. The van der Waals surface area contributed by atoms with E-state index in [4.69, 9.17) is 4.74 Å². The summed E-state index contributed by atoms with van der Waals surface area (Å²) in [5.74, 6) is 0.892. The summed E-state index contributed by atoms with van der Waals surface area (Å²) in [5.41, 5.74) is 0. The zero-order valence-corrected chi connectivity index (χ0v) is 13.3. The van der Waals surface area contributed by atoms with Crippen molar-refractivity contribution in [1.82, 2.24) is 14.7 Å². The second kappa shape index (κ2) is 6.73. The number of hydrogen-bond acceptors (Lipinski definition) is 4. The zero-order valence-electron chi connectivity index (χ0n) is 13.3. The Kier molecular flexibility index (Phi) is 4.97. The first-order chi connectivity index (χ1) is 9.74. The molecule has 0 aromatic rings. The molecule has 4 nitrogen and oxygen atoms in total. The lowest BCUT2D eigenvalue weighted by Crippen LogP contribution is -2.52. The fourth-order valence-electron chi connectivity index (χ4n) is 4.38. The number of ether oxygens (including phenoxy) is 1. The van der Waals surface area contributed by atoms with Crippen molar-refractivity contribution in [2.75, 3.05) is 60.0 Å². The Morgan fingerprint density at radius 1 is 0.900 bits per heavy atom. The van der Waals surface area contributed by atoms with E-state index in [1.54, 1.807) is 0 Å². The maximum atomic E-state index is 5.47. The van der Waals surface area contributed by atoms with Crippen LogP contribution in [-0.4, -0.2) is 86.8 Å². The Morgan fingerprint density at radius 2 is 1.65 bits per heavy atom. The minimum Gasteiger partial charge on any atom is -0.379 e. The molecule has 0 aromatic heterocycles. The van der Waals surface area contributed by atoms with Crippen molar-refractivity contribution in [3.63, 3.8) is 0 Å². The third-order valence-corrected chi connectivity index (χ3v) is 5.67. The molecule has 20 heavy (non-hydrogen) atoms. The average molecular weight is 281 g/mol. The van der Waals surface area contributed by atoms with Gasteiger partial charge in [-0.25, -0.2) is 0 Å². The van der Waals surface area contributed by atoms with Gasteiger partial charge < -0.3 is 14.5 Å². The summed E-state index contributed by atoms with van der Waals surface area (Å²) < 4.78 is 5.47. The van der Waals surface area contributed by atoms with Crippen LogP contribution >= 0.6 is 0 Å². The lowest BCUT2D eigenvalue weighted by molar-refractivity contribution is 0.0144. The molecule has 3 atom stereocenters. The normalized spacial score (nSPS) is 38.4. The molecule has 4 heteroatoms. The van der Waals surface area contributed by atoms with Crippen LogP contribution in [0.15, 0.2) is 0 Å². The summed E-state index contributed by atoms with van der Waals surface area (Å²) in [6.07, 6.45) is 5.55. The van der Waals surface area contributed by atoms with Crippen molar-refractivity contribution in [2.24, 2.45) is 5.92 Å². The van der Waals surface area contributed by atoms with Crippen LogP contribution in [0.4, 0.5) is 0 Å². The van der Waals surface area contributed by atoms with Gasteiger partial charge in [-0.1, -0.05) is 0 Å². The van der Waals surface area contributed by atoms with Crippen LogP contribution in [0.5, 0.6) is 0 Å². The van der Waals surface area contributed by atoms with E-state index < -0.39 is 0 Å². The molecule has 0 aromatic carbocycles. The predicted molar refractivity (Wildman–Crippen MR) is 82.1 cm³/mol. The lowest BCUT2D eigenvalue weighted by atomic mass is 9.86. The van der Waals surface area contributed by atoms with Crippen molar-refractivity contribution in [1.29, 1.82) is 0 Å². The van der Waals surface area contributed by atoms with Crippen LogP contribution < -0.4 is 0 Å². The maximum Gasteiger partial charge on any atom is 0.0594 e.